The van der Waals surface area contributed by atoms with Crippen LogP contribution in [0.1, 0.15) is 77.5 Å². The van der Waals surface area contributed by atoms with Gasteiger partial charge in [0.2, 0.25) is 0 Å². The lowest BCUT2D eigenvalue weighted by atomic mass is 9.82. The van der Waals surface area contributed by atoms with Gasteiger partial charge in [0, 0.05) is 35.3 Å². The van der Waals surface area contributed by atoms with Crippen LogP contribution >= 0.6 is 11.6 Å². The quantitative estimate of drug-likeness (QED) is 0.266. The second-order valence-corrected chi connectivity index (χ2v) is 12.1. The summed E-state index contributed by atoms with van der Waals surface area (Å²) >= 11 is 6.78. The Hall–Kier alpha value is -3.09. The fraction of sp³-hybridized carbons (Fsp3) is 0.441. The number of ether oxygens (including phenoxy) is 4. The van der Waals surface area contributed by atoms with E-state index in [-0.39, 0.29) is 24.1 Å². The van der Waals surface area contributed by atoms with Crippen LogP contribution in [-0.2, 0) is 20.7 Å². The smallest absolute Gasteiger partial charge is 0.306 e. The zero-order valence-electron chi connectivity index (χ0n) is 24.0. The lowest BCUT2D eigenvalue weighted by Gasteiger charge is -2.23. The number of aryl methyl sites for hydroxylation is 2. The Morgan fingerprint density at radius 1 is 1.10 bits per heavy atom. The highest BCUT2D eigenvalue weighted by Gasteiger charge is 2.34. The molecule has 1 aliphatic carbocycles. The fourth-order valence-electron chi connectivity index (χ4n) is 6.92. The van der Waals surface area contributed by atoms with E-state index in [9.17, 15) is 4.79 Å². The van der Waals surface area contributed by atoms with Crippen LogP contribution in [0.5, 0.6) is 11.5 Å². The molecule has 41 heavy (non-hydrogen) atoms. The SMILES string of the molecule is COC(=O)C[C@@H]1COc2cc(O[C@@H]3CCc4c(-c5c(C)cc(C(C)[C@@H]6CCOC6)cc5C)c(Cl)cc(F)c43)ccc21. The highest BCUT2D eigenvalue weighted by Crippen LogP contribution is 2.48. The van der Waals surface area contributed by atoms with E-state index in [4.69, 9.17) is 30.5 Å². The van der Waals surface area contributed by atoms with Crippen molar-refractivity contribution in [1.29, 1.82) is 0 Å². The number of hydrogen-bond acceptors (Lipinski definition) is 5. The van der Waals surface area contributed by atoms with Crippen molar-refractivity contribution in [3.05, 3.63) is 80.6 Å². The average Bonchev–Trinajstić information content (AvgIpc) is 3.70. The number of benzene rings is 3. The van der Waals surface area contributed by atoms with Gasteiger partial charge >= 0.3 is 5.97 Å². The van der Waals surface area contributed by atoms with Crippen LogP contribution in [0.3, 0.4) is 0 Å². The Kier molecular flexibility index (Phi) is 7.73. The first kappa shape index (κ1) is 28.0. The van der Waals surface area contributed by atoms with Gasteiger partial charge in [0.05, 0.1) is 31.8 Å². The van der Waals surface area contributed by atoms with Crippen LogP contribution in [0, 0.1) is 25.6 Å². The molecule has 2 heterocycles. The summed E-state index contributed by atoms with van der Waals surface area (Å²) in [4.78, 5) is 11.8. The maximum absolute atomic E-state index is 15.5. The summed E-state index contributed by atoms with van der Waals surface area (Å²) < 4.78 is 38.2. The molecule has 0 saturated carbocycles. The summed E-state index contributed by atoms with van der Waals surface area (Å²) in [6, 6.07) is 11.6. The van der Waals surface area contributed by atoms with Gasteiger partial charge < -0.3 is 18.9 Å². The molecule has 5 nitrogen and oxygen atoms in total. The maximum atomic E-state index is 15.5. The van der Waals surface area contributed by atoms with Crippen LogP contribution < -0.4 is 9.47 Å². The molecule has 0 aromatic heterocycles. The topological polar surface area (TPSA) is 54.0 Å². The zero-order chi connectivity index (χ0) is 28.8. The largest absolute Gasteiger partial charge is 0.492 e. The number of esters is 1. The molecule has 4 atom stereocenters. The second kappa shape index (κ2) is 11.3. The predicted octanol–water partition coefficient (Wildman–Crippen LogP) is 8.01. The van der Waals surface area contributed by atoms with Gasteiger partial charge in [0.15, 0.2) is 0 Å². The Labute approximate surface area is 245 Å². The molecule has 3 aromatic carbocycles. The number of methoxy groups -OCH3 is 1. The summed E-state index contributed by atoms with van der Waals surface area (Å²) in [5, 5.41) is 0.431. The van der Waals surface area contributed by atoms with Crippen molar-refractivity contribution in [3.63, 3.8) is 0 Å². The van der Waals surface area contributed by atoms with E-state index in [0.29, 0.717) is 53.4 Å². The van der Waals surface area contributed by atoms with E-state index >= 15 is 4.39 Å². The third-order valence-corrected chi connectivity index (χ3v) is 9.44. The maximum Gasteiger partial charge on any atom is 0.306 e. The van der Waals surface area contributed by atoms with Crippen molar-refractivity contribution < 1.29 is 28.1 Å². The number of carbonyl (C=O) groups is 1. The van der Waals surface area contributed by atoms with Gasteiger partial charge in [-0.25, -0.2) is 4.39 Å². The first-order valence-corrected chi connectivity index (χ1v) is 14.8. The van der Waals surface area contributed by atoms with Gasteiger partial charge in [0.1, 0.15) is 23.4 Å². The number of rotatable bonds is 7. The van der Waals surface area contributed by atoms with Crippen LogP contribution in [0.15, 0.2) is 36.4 Å². The molecular formula is C34H36ClFO5. The average molecular weight is 579 g/mol. The first-order valence-electron chi connectivity index (χ1n) is 14.4. The molecule has 0 spiro atoms. The van der Waals surface area contributed by atoms with Gasteiger partial charge in [-0.05, 0) is 84.9 Å². The lowest BCUT2D eigenvalue weighted by Crippen LogP contribution is -2.11. The minimum Gasteiger partial charge on any atom is -0.492 e. The number of carbonyl (C=O) groups excluding carboxylic acids is 1. The Morgan fingerprint density at radius 3 is 2.59 bits per heavy atom. The molecule has 3 aromatic rings. The van der Waals surface area contributed by atoms with Crippen molar-refractivity contribution in [2.75, 3.05) is 26.9 Å². The van der Waals surface area contributed by atoms with Gasteiger partial charge in [-0.2, -0.15) is 0 Å². The molecule has 2 aliphatic heterocycles. The molecule has 216 valence electrons. The predicted molar refractivity (Wildman–Crippen MR) is 157 cm³/mol. The molecule has 0 bridgehead atoms. The third kappa shape index (κ3) is 5.21. The molecule has 0 amide bonds. The minimum absolute atomic E-state index is 0.0480. The van der Waals surface area contributed by atoms with Gasteiger partial charge in [-0.1, -0.05) is 36.7 Å². The Bertz CT molecular complexity index is 1470. The molecule has 1 fully saturated rings. The zero-order valence-corrected chi connectivity index (χ0v) is 24.8. The van der Waals surface area contributed by atoms with E-state index < -0.39 is 6.10 Å². The van der Waals surface area contributed by atoms with Crippen molar-refractivity contribution in [1.82, 2.24) is 0 Å². The monoisotopic (exact) mass is 578 g/mol. The first-order chi connectivity index (χ1) is 19.7. The van der Waals surface area contributed by atoms with Crippen molar-refractivity contribution in [2.24, 2.45) is 5.92 Å². The minimum atomic E-state index is -0.436. The van der Waals surface area contributed by atoms with Crippen LogP contribution in [0.4, 0.5) is 4.39 Å². The normalized spacial score (nSPS) is 21.8. The molecule has 3 aliphatic rings. The lowest BCUT2D eigenvalue weighted by molar-refractivity contribution is -0.141. The molecule has 7 heteroatoms. The highest BCUT2D eigenvalue weighted by molar-refractivity contribution is 6.33. The molecule has 0 N–H and O–H groups in total. The van der Waals surface area contributed by atoms with Crippen LogP contribution in [0.2, 0.25) is 5.02 Å². The standard InChI is InChI=1S/C34H36ClFO5/c1-18-11-22(20(3)21-9-10-39-16-21)12-19(2)32(18)33-26-7-8-29(34(26)28(36)15-27(33)35)41-24-5-6-25-23(13-31(37)38-4)17-40-30(25)14-24/h5-6,11-12,14-15,20-21,23,29H,7-10,13,16-17H2,1-4H3/t20?,21-,23-,29-/m1/s1. The van der Waals surface area contributed by atoms with Crippen molar-refractivity contribution in [2.45, 2.75) is 64.4 Å². The van der Waals surface area contributed by atoms with Crippen molar-refractivity contribution in [3.8, 4) is 22.6 Å². The second-order valence-electron chi connectivity index (χ2n) is 11.7. The van der Waals surface area contributed by atoms with E-state index in [1.165, 1.54) is 18.7 Å². The van der Waals surface area contributed by atoms with Gasteiger partial charge in [-0.3, -0.25) is 4.79 Å². The highest BCUT2D eigenvalue weighted by atomic mass is 35.5. The summed E-state index contributed by atoms with van der Waals surface area (Å²) in [7, 11) is 1.39. The number of halogens is 2. The number of fused-ring (bicyclic) bond motifs is 2. The van der Waals surface area contributed by atoms with Crippen LogP contribution in [0.25, 0.3) is 11.1 Å². The van der Waals surface area contributed by atoms with E-state index in [0.717, 1.165) is 53.0 Å². The summed E-state index contributed by atoms with van der Waals surface area (Å²) in [5.74, 6) is 1.58. The van der Waals surface area contributed by atoms with Gasteiger partial charge in [-0.15, -0.1) is 0 Å². The van der Waals surface area contributed by atoms with Gasteiger partial charge in [0.25, 0.3) is 0 Å². The summed E-state index contributed by atoms with van der Waals surface area (Å²) in [6.45, 7) is 8.58. The molecule has 6 rings (SSSR count). The van der Waals surface area contributed by atoms with Crippen molar-refractivity contribution >= 4 is 17.6 Å². The Balaban J connectivity index is 1.29. The van der Waals surface area contributed by atoms with E-state index in [1.807, 2.05) is 18.2 Å². The summed E-state index contributed by atoms with van der Waals surface area (Å²) in [5.41, 5.74) is 8.04. The van der Waals surface area contributed by atoms with Crippen LogP contribution in [-0.4, -0.2) is 32.9 Å². The summed E-state index contributed by atoms with van der Waals surface area (Å²) in [6.07, 6.45) is 2.24. The molecule has 1 unspecified atom stereocenters. The Morgan fingerprint density at radius 2 is 1.88 bits per heavy atom. The molecule has 0 radical (unpaired) electrons. The van der Waals surface area contributed by atoms with E-state index in [2.05, 4.69) is 32.9 Å². The molecule has 1 saturated heterocycles. The number of hydrogen-bond donors (Lipinski definition) is 0. The van der Waals surface area contributed by atoms with E-state index in [1.54, 1.807) is 0 Å². The third-order valence-electron chi connectivity index (χ3n) is 9.14. The fourth-order valence-corrected chi connectivity index (χ4v) is 7.23. The molecular weight excluding hydrogens is 543 g/mol.